The highest BCUT2D eigenvalue weighted by atomic mass is 32.2. The van der Waals surface area contributed by atoms with Crippen LogP contribution < -0.4 is 10.0 Å². The summed E-state index contributed by atoms with van der Waals surface area (Å²) in [5.74, 6) is 0.211. The molecule has 1 aromatic carbocycles. The van der Waals surface area contributed by atoms with Crippen LogP contribution in [0.5, 0.6) is 0 Å². The molecule has 1 heterocycles. The number of aromatic nitrogens is 2. The topological polar surface area (TPSA) is 101 Å². The van der Waals surface area contributed by atoms with Crippen LogP contribution in [0.1, 0.15) is 43.0 Å². The second kappa shape index (κ2) is 8.14. The van der Waals surface area contributed by atoms with Crippen LogP contribution in [0.4, 0.5) is 5.95 Å². The zero-order chi connectivity index (χ0) is 19.4. The average Bonchev–Trinajstić information content (AvgIpc) is 2.62. The summed E-state index contributed by atoms with van der Waals surface area (Å²) in [6.45, 7) is 3.80. The number of rotatable bonds is 6. The van der Waals surface area contributed by atoms with E-state index in [1.165, 1.54) is 0 Å². The van der Waals surface area contributed by atoms with Crippen LogP contribution in [0.25, 0.3) is 0 Å². The van der Waals surface area contributed by atoms with Gasteiger partial charge in [-0.05, 0) is 55.9 Å². The molecule has 8 heteroatoms. The lowest BCUT2D eigenvalue weighted by Gasteiger charge is -2.24. The quantitative estimate of drug-likeness (QED) is 0.791. The van der Waals surface area contributed by atoms with Gasteiger partial charge in [-0.2, -0.15) is 0 Å². The molecule has 2 aromatic rings. The van der Waals surface area contributed by atoms with Crippen LogP contribution in [0.3, 0.4) is 0 Å². The Morgan fingerprint density at radius 2 is 2.15 bits per heavy atom. The fraction of sp³-hybridized carbons (Fsp3) is 0.421. The fourth-order valence-electron chi connectivity index (χ4n) is 3.15. The molecule has 0 aliphatic heterocycles. The van der Waals surface area contributed by atoms with Gasteiger partial charge in [0.15, 0.2) is 0 Å². The minimum atomic E-state index is -3.56. The molecular weight excluding hydrogens is 364 g/mol. The van der Waals surface area contributed by atoms with Crippen LogP contribution in [0.15, 0.2) is 35.4 Å². The Morgan fingerprint density at radius 1 is 1.33 bits per heavy atom. The van der Waals surface area contributed by atoms with Gasteiger partial charge in [0.25, 0.3) is 0 Å². The fourth-order valence-corrected chi connectivity index (χ4v) is 4.53. The molecule has 1 aliphatic carbocycles. The summed E-state index contributed by atoms with van der Waals surface area (Å²) in [6, 6.07) is 6.66. The molecule has 0 radical (unpaired) electrons. The van der Waals surface area contributed by atoms with E-state index in [2.05, 4.69) is 20.0 Å². The lowest BCUT2D eigenvalue weighted by atomic mass is 9.94. The van der Waals surface area contributed by atoms with Crippen LogP contribution in [-0.4, -0.2) is 30.3 Å². The van der Waals surface area contributed by atoms with Gasteiger partial charge in [-0.15, -0.1) is 0 Å². The molecule has 0 spiro atoms. The molecule has 0 saturated carbocycles. The van der Waals surface area contributed by atoms with E-state index >= 15 is 0 Å². The highest BCUT2D eigenvalue weighted by Crippen LogP contribution is 2.22. The molecule has 27 heavy (non-hydrogen) atoms. The lowest BCUT2D eigenvalue weighted by molar-refractivity contribution is -0.116. The van der Waals surface area contributed by atoms with Crippen molar-refractivity contribution in [2.75, 3.05) is 5.32 Å². The standard InChI is InChI=1S/C19H24N4O3S/c1-3-5-18(24)22-19-20-12-14-11-15(8-9-17(14)21-19)23-27(25,26)16-7-4-6-13(2)10-16/h4,6-7,10,12,15,23H,3,5,8-9,11H2,1-2H3,(H,20,21,22,24). The first-order valence-corrected chi connectivity index (χ1v) is 10.6. The Hall–Kier alpha value is -2.32. The van der Waals surface area contributed by atoms with Crippen LogP contribution in [-0.2, 0) is 27.7 Å². The van der Waals surface area contributed by atoms with Gasteiger partial charge in [-0.1, -0.05) is 19.1 Å². The molecule has 1 atom stereocenters. The second-order valence-corrected chi connectivity index (χ2v) is 8.56. The number of fused-ring (bicyclic) bond motifs is 1. The third-order valence-electron chi connectivity index (χ3n) is 4.50. The number of carbonyl (C=O) groups is 1. The zero-order valence-electron chi connectivity index (χ0n) is 15.5. The zero-order valence-corrected chi connectivity index (χ0v) is 16.3. The van der Waals surface area contributed by atoms with Crippen molar-refractivity contribution in [3.8, 4) is 0 Å². The number of nitrogens with one attached hydrogen (secondary N) is 2. The number of carbonyl (C=O) groups excluding carboxylic acids is 1. The van der Waals surface area contributed by atoms with Gasteiger partial charge in [-0.3, -0.25) is 10.1 Å². The van der Waals surface area contributed by atoms with Crippen molar-refractivity contribution in [2.45, 2.75) is 56.9 Å². The van der Waals surface area contributed by atoms with Crippen LogP contribution in [0.2, 0.25) is 0 Å². The predicted molar refractivity (Wildman–Crippen MR) is 103 cm³/mol. The normalized spacial score (nSPS) is 16.6. The van der Waals surface area contributed by atoms with E-state index in [0.29, 0.717) is 31.6 Å². The molecule has 1 aliphatic rings. The summed E-state index contributed by atoms with van der Waals surface area (Å²) in [4.78, 5) is 20.6. The van der Waals surface area contributed by atoms with Crippen LogP contribution in [0, 0.1) is 6.92 Å². The van der Waals surface area contributed by atoms with Crippen LogP contribution >= 0.6 is 0 Å². The molecule has 2 N–H and O–H groups in total. The Bertz CT molecular complexity index is 944. The molecule has 144 valence electrons. The number of anilines is 1. The van der Waals surface area contributed by atoms with Gasteiger partial charge in [0.1, 0.15) is 0 Å². The molecule has 0 bridgehead atoms. The first-order valence-electron chi connectivity index (χ1n) is 9.11. The summed E-state index contributed by atoms with van der Waals surface area (Å²) < 4.78 is 28.0. The Balaban J connectivity index is 1.69. The van der Waals surface area contributed by atoms with E-state index in [4.69, 9.17) is 0 Å². The summed E-state index contributed by atoms with van der Waals surface area (Å²) in [7, 11) is -3.56. The van der Waals surface area contributed by atoms with Crippen molar-refractivity contribution >= 4 is 21.9 Å². The van der Waals surface area contributed by atoms with Gasteiger partial charge in [-0.25, -0.2) is 23.1 Å². The molecule has 3 rings (SSSR count). The maximum atomic E-state index is 12.6. The maximum absolute atomic E-state index is 12.6. The smallest absolute Gasteiger partial charge is 0.240 e. The number of hydrogen-bond donors (Lipinski definition) is 2. The van der Waals surface area contributed by atoms with Crippen molar-refractivity contribution < 1.29 is 13.2 Å². The van der Waals surface area contributed by atoms with Gasteiger partial charge in [0, 0.05) is 24.4 Å². The first-order chi connectivity index (χ1) is 12.9. The molecule has 0 fully saturated rings. The molecule has 1 unspecified atom stereocenters. The van der Waals surface area contributed by atoms with Gasteiger partial charge in [0.05, 0.1) is 4.90 Å². The SMILES string of the molecule is CCCC(=O)Nc1ncc2c(n1)CCC(NS(=O)(=O)c1cccc(C)c1)C2. The third-order valence-corrected chi connectivity index (χ3v) is 6.02. The molecular formula is C19H24N4O3S. The van der Waals surface area contributed by atoms with Crippen molar-refractivity contribution in [2.24, 2.45) is 0 Å². The van der Waals surface area contributed by atoms with Gasteiger partial charge >= 0.3 is 0 Å². The molecule has 1 aromatic heterocycles. The highest BCUT2D eigenvalue weighted by molar-refractivity contribution is 7.89. The van der Waals surface area contributed by atoms with Gasteiger partial charge < -0.3 is 0 Å². The Morgan fingerprint density at radius 3 is 2.89 bits per heavy atom. The number of nitrogens with zero attached hydrogens (tertiary/aromatic N) is 2. The molecule has 7 nitrogen and oxygen atoms in total. The first kappa shape index (κ1) is 19.4. The van der Waals surface area contributed by atoms with E-state index in [0.717, 1.165) is 23.2 Å². The number of hydrogen-bond acceptors (Lipinski definition) is 5. The summed E-state index contributed by atoms with van der Waals surface area (Å²) in [5.41, 5.74) is 2.67. The average molecular weight is 388 g/mol. The van der Waals surface area contributed by atoms with Crippen molar-refractivity contribution in [3.05, 3.63) is 47.3 Å². The van der Waals surface area contributed by atoms with Crippen molar-refractivity contribution in [1.82, 2.24) is 14.7 Å². The van der Waals surface area contributed by atoms with E-state index in [9.17, 15) is 13.2 Å². The van der Waals surface area contributed by atoms with Gasteiger partial charge in [0.2, 0.25) is 21.9 Å². The number of amides is 1. The minimum Gasteiger partial charge on any atom is -0.295 e. The van der Waals surface area contributed by atoms with E-state index in [-0.39, 0.29) is 16.8 Å². The number of sulfonamides is 1. The van der Waals surface area contributed by atoms with E-state index in [1.807, 2.05) is 19.9 Å². The largest absolute Gasteiger partial charge is 0.295 e. The number of benzene rings is 1. The third kappa shape index (κ3) is 4.90. The van der Waals surface area contributed by atoms with Crippen molar-refractivity contribution in [3.63, 3.8) is 0 Å². The number of aryl methyl sites for hydroxylation is 2. The summed E-state index contributed by atoms with van der Waals surface area (Å²) in [6.07, 6.45) is 4.69. The maximum Gasteiger partial charge on any atom is 0.240 e. The predicted octanol–water partition coefficient (Wildman–Crippen LogP) is 2.36. The van der Waals surface area contributed by atoms with E-state index in [1.54, 1.807) is 24.4 Å². The van der Waals surface area contributed by atoms with Crippen molar-refractivity contribution in [1.29, 1.82) is 0 Å². The highest BCUT2D eigenvalue weighted by Gasteiger charge is 2.25. The molecule has 0 saturated heterocycles. The monoisotopic (exact) mass is 388 g/mol. The molecule has 1 amide bonds. The summed E-state index contributed by atoms with van der Waals surface area (Å²) >= 11 is 0. The Labute approximate surface area is 159 Å². The van der Waals surface area contributed by atoms with E-state index < -0.39 is 10.0 Å². The minimum absolute atomic E-state index is 0.1000. The second-order valence-electron chi connectivity index (χ2n) is 6.84. The summed E-state index contributed by atoms with van der Waals surface area (Å²) in [5, 5.41) is 2.70. The Kier molecular flexibility index (Phi) is 5.86. The lowest BCUT2D eigenvalue weighted by Crippen LogP contribution is -2.39.